The highest BCUT2D eigenvalue weighted by molar-refractivity contribution is 8.72. The molecule has 0 aromatic heterocycles. The van der Waals surface area contributed by atoms with Gasteiger partial charge in [0, 0.05) is 12.3 Å². The molecule has 0 amide bonds. The molecule has 0 radical (unpaired) electrons. The highest BCUT2D eigenvalue weighted by atomic mass is 33.1. The number of hydrogen-bond donors (Lipinski definition) is 0. The monoisotopic (exact) mass is 377 g/mol. The predicted octanol–water partition coefficient (Wildman–Crippen LogP) is 4.74. The molecule has 1 saturated heterocycles. The van der Waals surface area contributed by atoms with Crippen molar-refractivity contribution >= 4 is 25.2 Å². The predicted molar refractivity (Wildman–Crippen MR) is 109 cm³/mol. The highest BCUT2D eigenvalue weighted by Gasteiger charge is 2.17. The summed E-state index contributed by atoms with van der Waals surface area (Å²) in [6.07, 6.45) is 8.36. The van der Waals surface area contributed by atoms with Gasteiger partial charge in [-0.1, -0.05) is 42.5 Å². The number of nitrogens with zero attached hydrogens (tertiary/aromatic N) is 1. The zero-order chi connectivity index (χ0) is 18.3. The number of rotatable bonds is 8. The molecular formula is C20H27NO2S2. The summed E-state index contributed by atoms with van der Waals surface area (Å²) in [5, 5.41) is 0. The van der Waals surface area contributed by atoms with Crippen LogP contribution in [0.25, 0.3) is 5.57 Å². The normalized spacial score (nSPS) is 16.6. The summed E-state index contributed by atoms with van der Waals surface area (Å²) in [5.41, 5.74) is 3.10. The van der Waals surface area contributed by atoms with Crippen LogP contribution in [0, 0.1) is 0 Å². The third-order valence-electron chi connectivity index (χ3n) is 4.17. The van der Waals surface area contributed by atoms with Crippen molar-refractivity contribution in [2.45, 2.75) is 31.6 Å². The van der Waals surface area contributed by atoms with Crippen molar-refractivity contribution in [1.29, 1.82) is 0 Å². The first-order valence-electron chi connectivity index (χ1n) is 8.61. The van der Waals surface area contributed by atoms with Crippen molar-refractivity contribution in [2.75, 3.05) is 25.4 Å². The molecule has 5 heteroatoms. The summed E-state index contributed by atoms with van der Waals surface area (Å²) in [4.78, 5) is 2.71. The van der Waals surface area contributed by atoms with Crippen LogP contribution in [-0.2, 0) is 8.87 Å². The topological polar surface area (TPSA) is 37.4 Å². The van der Waals surface area contributed by atoms with Crippen molar-refractivity contribution in [3.05, 3.63) is 60.2 Å². The summed E-state index contributed by atoms with van der Waals surface area (Å²) >= 11 is 0. The Morgan fingerprint density at radius 3 is 2.44 bits per heavy atom. The maximum absolute atomic E-state index is 12.4. The van der Waals surface area contributed by atoms with Crippen molar-refractivity contribution < 1.29 is 8.42 Å². The first kappa shape index (κ1) is 20.0. The van der Waals surface area contributed by atoms with Crippen LogP contribution in [0.5, 0.6) is 0 Å². The molecule has 3 nitrogen and oxygen atoms in total. The van der Waals surface area contributed by atoms with E-state index in [1.165, 1.54) is 12.8 Å². The Kier molecular flexibility index (Phi) is 7.54. The second kappa shape index (κ2) is 9.41. The quantitative estimate of drug-likeness (QED) is 0.484. The van der Waals surface area contributed by atoms with Gasteiger partial charge < -0.3 is 4.90 Å². The van der Waals surface area contributed by atoms with Gasteiger partial charge in [0.1, 0.15) is 0 Å². The molecular weight excluding hydrogens is 350 g/mol. The first-order chi connectivity index (χ1) is 11.9. The lowest BCUT2D eigenvalue weighted by Gasteiger charge is -2.13. The van der Waals surface area contributed by atoms with Crippen molar-refractivity contribution in [3.8, 4) is 0 Å². The molecule has 1 aliphatic rings. The standard InChI is InChI=1S/C20H27NO2S2/c1-17(2)7-6-8-18(3)19-9-11-20(12-10-19)25(22,23)24-16-15-21-13-4-5-14-21/h6-12H,1,4-5,13-16H2,2-3H3/b7-6-,18-8+. The third-order valence-corrected chi connectivity index (χ3v) is 7.69. The van der Waals surface area contributed by atoms with Gasteiger partial charge in [-0.2, -0.15) is 0 Å². The van der Waals surface area contributed by atoms with Crippen molar-refractivity contribution in [2.24, 2.45) is 0 Å². The van der Waals surface area contributed by atoms with Crippen LogP contribution in [-0.4, -0.2) is 38.7 Å². The van der Waals surface area contributed by atoms with Crippen molar-refractivity contribution in [1.82, 2.24) is 4.90 Å². The van der Waals surface area contributed by atoms with Crippen LogP contribution < -0.4 is 0 Å². The molecule has 0 atom stereocenters. The van der Waals surface area contributed by atoms with Gasteiger partial charge in [0.25, 0.3) is 0 Å². The molecule has 0 spiro atoms. The molecule has 1 heterocycles. The Bertz CT molecular complexity index is 740. The van der Waals surface area contributed by atoms with E-state index in [4.69, 9.17) is 0 Å². The van der Waals surface area contributed by atoms with Gasteiger partial charge in [0.2, 0.25) is 8.87 Å². The Balaban J connectivity index is 1.96. The van der Waals surface area contributed by atoms with Crippen LogP contribution in [0.4, 0.5) is 0 Å². The molecule has 1 fully saturated rings. The van der Waals surface area contributed by atoms with Gasteiger partial charge >= 0.3 is 0 Å². The van der Waals surface area contributed by atoms with E-state index in [-0.39, 0.29) is 0 Å². The van der Waals surface area contributed by atoms with Gasteiger partial charge in [-0.3, -0.25) is 0 Å². The van der Waals surface area contributed by atoms with Gasteiger partial charge in [-0.25, -0.2) is 8.42 Å². The molecule has 25 heavy (non-hydrogen) atoms. The smallest absolute Gasteiger partial charge is 0.230 e. The van der Waals surface area contributed by atoms with Gasteiger partial charge in [-0.05, 0) is 73.8 Å². The van der Waals surface area contributed by atoms with E-state index in [0.29, 0.717) is 10.6 Å². The summed E-state index contributed by atoms with van der Waals surface area (Å²) in [6, 6.07) is 7.14. The minimum atomic E-state index is -3.28. The van der Waals surface area contributed by atoms with E-state index < -0.39 is 8.87 Å². The number of allylic oxidation sites excluding steroid dienone is 5. The molecule has 1 aromatic carbocycles. The van der Waals surface area contributed by atoms with E-state index in [1.54, 1.807) is 12.1 Å². The van der Waals surface area contributed by atoms with Crippen LogP contribution in [0.1, 0.15) is 32.3 Å². The second-order valence-electron chi connectivity index (χ2n) is 6.40. The third kappa shape index (κ3) is 6.49. The Morgan fingerprint density at radius 2 is 1.84 bits per heavy atom. The zero-order valence-corrected chi connectivity index (χ0v) is 16.7. The van der Waals surface area contributed by atoms with Gasteiger partial charge in [-0.15, -0.1) is 0 Å². The summed E-state index contributed by atoms with van der Waals surface area (Å²) < 4.78 is 24.9. The lowest BCUT2D eigenvalue weighted by Crippen LogP contribution is -2.22. The Hall–Kier alpha value is -1.30. The highest BCUT2D eigenvalue weighted by Crippen LogP contribution is 2.25. The fraction of sp³-hybridized carbons (Fsp3) is 0.400. The van der Waals surface area contributed by atoms with Crippen LogP contribution in [0.2, 0.25) is 0 Å². The summed E-state index contributed by atoms with van der Waals surface area (Å²) in [5.74, 6) is 0.620. The largest absolute Gasteiger partial charge is 0.302 e. The van der Waals surface area contributed by atoms with Crippen LogP contribution >= 0.6 is 10.8 Å². The van der Waals surface area contributed by atoms with E-state index in [0.717, 1.165) is 47.1 Å². The average molecular weight is 378 g/mol. The first-order valence-corrected chi connectivity index (χ1v) is 11.6. The van der Waals surface area contributed by atoms with Gasteiger partial charge in [0.05, 0.1) is 4.90 Å². The number of hydrogen-bond acceptors (Lipinski definition) is 4. The SMILES string of the molecule is C=C(C)/C=C\C=C(/C)c1ccc(S(=O)(=O)SCCN2CCCC2)cc1. The van der Waals surface area contributed by atoms with Crippen molar-refractivity contribution in [3.63, 3.8) is 0 Å². The molecule has 0 bridgehead atoms. The fourth-order valence-electron chi connectivity index (χ4n) is 2.69. The minimum Gasteiger partial charge on any atom is -0.302 e. The van der Waals surface area contributed by atoms with E-state index in [1.807, 2.05) is 44.2 Å². The van der Waals surface area contributed by atoms with Crippen LogP contribution in [0.3, 0.4) is 0 Å². The molecule has 0 unspecified atom stereocenters. The minimum absolute atomic E-state index is 0.382. The molecule has 2 rings (SSSR count). The van der Waals surface area contributed by atoms with E-state index >= 15 is 0 Å². The Labute approximate surface area is 155 Å². The summed E-state index contributed by atoms with van der Waals surface area (Å²) in [7, 11) is -2.23. The number of likely N-dealkylation sites (tertiary alicyclic amines) is 1. The lowest BCUT2D eigenvalue weighted by atomic mass is 10.1. The Morgan fingerprint density at radius 1 is 1.20 bits per heavy atom. The lowest BCUT2D eigenvalue weighted by molar-refractivity contribution is 0.362. The maximum Gasteiger partial charge on any atom is 0.230 e. The molecule has 0 saturated carbocycles. The zero-order valence-electron chi connectivity index (χ0n) is 15.1. The van der Waals surface area contributed by atoms with E-state index in [9.17, 15) is 8.42 Å². The van der Waals surface area contributed by atoms with Crippen LogP contribution in [0.15, 0.2) is 59.5 Å². The summed E-state index contributed by atoms with van der Waals surface area (Å²) in [6.45, 7) is 10.8. The number of benzene rings is 1. The molecule has 136 valence electrons. The molecule has 1 aliphatic heterocycles. The molecule has 0 aliphatic carbocycles. The molecule has 0 N–H and O–H groups in total. The second-order valence-corrected chi connectivity index (χ2v) is 10.5. The molecule has 1 aromatic rings. The maximum atomic E-state index is 12.4. The van der Waals surface area contributed by atoms with Gasteiger partial charge in [0.15, 0.2) is 0 Å². The van der Waals surface area contributed by atoms with E-state index in [2.05, 4.69) is 11.5 Å². The average Bonchev–Trinajstić information content (AvgIpc) is 3.08. The fourth-order valence-corrected chi connectivity index (χ4v) is 5.47.